The molecule has 0 saturated heterocycles. The van der Waals surface area contributed by atoms with Crippen molar-refractivity contribution in [2.45, 2.75) is 50.5 Å². The van der Waals surface area contributed by atoms with Crippen LogP contribution in [-0.4, -0.2) is 19.4 Å². The van der Waals surface area contributed by atoms with Crippen molar-refractivity contribution in [2.24, 2.45) is 0 Å². The van der Waals surface area contributed by atoms with Gasteiger partial charge in [-0.3, -0.25) is 0 Å². The number of nitrogens with one attached hydrogen (secondary N) is 1. The highest BCUT2D eigenvalue weighted by Crippen LogP contribution is 2.13. The topological polar surface area (TPSA) is 82.8 Å². The van der Waals surface area contributed by atoms with Gasteiger partial charge >= 0.3 is 0 Å². The number of hydrogen-bond acceptors (Lipinski definition) is 4. The molecule has 0 aliphatic carbocycles. The lowest BCUT2D eigenvalue weighted by atomic mass is 10.1. The van der Waals surface area contributed by atoms with E-state index in [4.69, 9.17) is 5.26 Å². The van der Waals surface area contributed by atoms with Crippen LogP contribution in [0.2, 0.25) is 0 Å². The number of pyridine rings is 1. The number of nitrogens with zero attached hydrogens (tertiary/aromatic N) is 2. The molecule has 1 rings (SSSR count). The third kappa shape index (κ3) is 4.62. The Balaban J connectivity index is 2.79. The van der Waals surface area contributed by atoms with E-state index in [9.17, 15) is 8.42 Å². The van der Waals surface area contributed by atoms with Gasteiger partial charge in [-0.1, -0.05) is 26.2 Å². The SMILES string of the molecule is CCCCCC(C)NS(=O)(=O)c1cccnc1C#N. The molecule has 0 fully saturated rings. The summed E-state index contributed by atoms with van der Waals surface area (Å²) >= 11 is 0. The van der Waals surface area contributed by atoms with Crippen LogP contribution in [0.25, 0.3) is 0 Å². The van der Waals surface area contributed by atoms with E-state index in [0.29, 0.717) is 0 Å². The second-order valence-electron chi connectivity index (χ2n) is 4.48. The van der Waals surface area contributed by atoms with Crippen LogP contribution in [0.5, 0.6) is 0 Å². The predicted molar refractivity (Wildman–Crippen MR) is 72.9 cm³/mol. The molecule has 1 aromatic rings. The Labute approximate surface area is 114 Å². The Morgan fingerprint density at radius 3 is 2.84 bits per heavy atom. The molecule has 104 valence electrons. The number of nitriles is 1. The van der Waals surface area contributed by atoms with E-state index in [1.165, 1.54) is 18.3 Å². The molecule has 1 unspecified atom stereocenters. The first-order chi connectivity index (χ1) is 9.01. The van der Waals surface area contributed by atoms with Crippen molar-refractivity contribution < 1.29 is 8.42 Å². The standard InChI is InChI=1S/C13H19N3O2S/c1-3-4-5-7-11(2)16-19(17,18)13-8-6-9-15-12(13)10-14/h6,8-9,11,16H,3-5,7H2,1-2H3. The van der Waals surface area contributed by atoms with Gasteiger partial charge in [-0.15, -0.1) is 0 Å². The van der Waals surface area contributed by atoms with Crippen LogP contribution in [0, 0.1) is 11.3 Å². The minimum absolute atomic E-state index is 0.0557. The number of hydrogen-bond donors (Lipinski definition) is 1. The Hall–Kier alpha value is -1.45. The maximum atomic E-state index is 12.2. The highest BCUT2D eigenvalue weighted by Gasteiger charge is 2.21. The Morgan fingerprint density at radius 1 is 1.47 bits per heavy atom. The molecule has 1 aromatic heterocycles. The minimum Gasteiger partial charge on any atom is -0.244 e. The smallest absolute Gasteiger partial charge is 0.243 e. The van der Waals surface area contributed by atoms with Crippen molar-refractivity contribution in [3.8, 4) is 6.07 Å². The fourth-order valence-corrected chi connectivity index (χ4v) is 3.16. The summed E-state index contributed by atoms with van der Waals surface area (Å²) in [6, 6.07) is 4.55. The third-order valence-electron chi connectivity index (χ3n) is 2.76. The Morgan fingerprint density at radius 2 is 2.21 bits per heavy atom. The molecule has 1 atom stereocenters. The van der Waals surface area contributed by atoms with Gasteiger partial charge in [0.05, 0.1) is 0 Å². The first-order valence-corrected chi connectivity index (χ1v) is 7.87. The average Bonchev–Trinajstić information content (AvgIpc) is 2.38. The van der Waals surface area contributed by atoms with E-state index < -0.39 is 10.0 Å². The summed E-state index contributed by atoms with van der Waals surface area (Å²) in [5.74, 6) is 0. The van der Waals surface area contributed by atoms with E-state index in [2.05, 4.69) is 16.6 Å². The van der Waals surface area contributed by atoms with Crippen molar-refractivity contribution in [3.63, 3.8) is 0 Å². The van der Waals surface area contributed by atoms with Crippen LogP contribution in [-0.2, 0) is 10.0 Å². The molecule has 5 nitrogen and oxygen atoms in total. The lowest BCUT2D eigenvalue weighted by Gasteiger charge is -2.14. The molecule has 1 N–H and O–H groups in total. The highest BCUT2D eigenvalue weighted by molar-refractivity contribution is 7.89. The van der Waals surface area contributed by atoms with Crippen LogP contribution in [0.3, 0.4) is 0 Å². The van der Waals surface area contributed by atoms with Gasteiger partial charge in [0.25, 0.3) is 0 Å². The number of unbranched alkanes of at least 4 members (excludes halogenated alkanes) is 2. The third-order valence-corrected chi connectivity index (χ3v) is 4.38. The van der Waals surface area contributed by atoms with Gasteiger partial charge in [0.2, 0.25) is 10.0 Å². The molecule has 0 amide bonds. The van der Waals surface area contributed by atoms with Crippen LogP contribution in [0.4, 0.5) is 0 Å². The summed E-state index contributed by atoms with van der Waals surface area (Å²) in [5.41, 5.74) is -0.0734. The second-order valence-corrected chi connectivity index (χ2v) is 6.16. The first-order valence-electron chi connectivity index (χ1n) is 6.38. The Kier molecular flexibility index (Phi) is 5.93. The molecule has 1 heterocycles. The van der Waals surface area contributed by atoms with Crippen LogP contribution in [0.15, 0.2) is 23.2 Å². The van der Waals surface area contributed by atoms with E-state index >= 15 is 0 Å². The van der Waals surface area contributed by atoms with Gasteiger partial charge < -0.3 is 0 Å². The lowest BCUT2D eigenvalue weighted by Crippen LogP contribution is -2.33. The minimum atomic E-state index is -3.67. The van der Waals surface area contributed by atoms with E-state index in [-0.39, 0.29) is 16.6 Å². The van der Waals surface area contributed by atoms with Crippen molar-refractivity contribution in [1.29, 1.82) is 5.26 Å². The zero-order chi connectivity index (χ0) is 14.3. The summed E-state index contributed by atoms with van der Waals surface area (Å²) in [4.78, 5) is 3.71. The summed E-state index contributed by atoms with van der Waals surface area (Å²) in [7, 11) is -3.67. The van der Waals surface area contributed by atoms with E-state index in [0.717, 1.165) is 25.7 Å². The molecule has 0 aliphatic rings. The summed E-state index contributed by atoms with van der Waals surface area (Å²) in [6.07, 6.45) is 5.36. The fourth-order valence-electron chi connectivity index (χ4n) is 1.78. The van der Waals surface area contributed by atoms with Crippen molar-refractivity contribution in [2.75, 3.05) is 0 Å². The maximum absolute atomic E-state index is 12.2. The van der Waals surface area contributed by atoms with Gasteiger partial charge in [-0.25, -0.2) is 18.1 Å². The maximum Gasteiger partial charge on any atom is 0.243 e. The van der Waals surface area contributed by atoms with Gasteiger partial charge in [-0.05, 0) is 25.5 Å². The lowest BCUT2D eigenvalue weighted by molar-refractivity contribution is 0.527. The fraction of sp³-hybridized carbons (Fsp3) is 0.538. The molecule has 0 aromatic carbocycles. The monoisotopic (exact) mass is 281 g/mol. The van der Waals surface area contributed by atoms with Crippen LogP contribution in [0.1, 0.15) is 45.2 Å². The first kappa shape index (κ1) is 15.6. The number of sulfonamides is 1. The zero-order valence-corrected chi connectivity index (χ0v) is 12.1. The molecule has 0 radical (unpaired) electrons. The second kappa shape index (κ2) is 7.22. The number of aromatic nitrogens is 1. The summed E-state index contributed by atoms with van der Waals surface area (Å²) in [6.45, 7) is 3.93. The highest BCUT2D eigenvalue weighted by atomic mass is 32.2. The van der Waals surface area contributed by atoms with Crippen molar-refractivity contribution in [1.82, 2.24) is 9.71 Å². The molecule has 0 aliphatic heterocycles. The van der Waals surface area contributed by atoms with Crippen LogP contribution < -0.4 is 4.72 Å². The molecule has 0 spiro atoms. The quantitative estimate of drug-likeness (QED) is 0.777. The van der Waals surface area contributed by atoms with Gasteiger partial charge in [0.1, 0.15) is 11.0 Å². The van der Waals surface area contributed by atoms with E-state index in [1.807, 2.05) is 6.92 Å². The van der Waals surface area contributed by atoms with Crippen molar-refractivity contribution in [3.05, 3.63) is 24.0 Å². The molecule has 0 bridgehead atoms. The van der Waals surface area contributed by atoms with Gasteiger partial charge in [-0.2, -0.15) is 5.26 Å². The Bertz CT molecular complexity index is 549. The normalized spacial score (nSPS) is 12.9. The summed E-state index contributed by atoms with van der Waals surface area (Å²) < 4.78 is 26.9. The molecular weight excluding hydrogens is 262 g/mol. The number of rotatable bonds is 7. The van der Waals surface area contributed by atoms with Gasteiger partial charge in [0.15, 0.2) is 5.69 Å². The average molecular weight is 281 g/mol. The molecule has 6 heteroatoms. The molecule has 0 saturated carbocycles. The summed E-state index contributed by atoms with van der Waals surface area (Å²) in [5, 5.41) is 8.88. The molecule has 19 heavy (non-hydrogen) atoms. The van der Waals surface area contributed by atoms with Crippen molar-refractivity contribution >= 4 is 10.0 Å². The van der Waals surface area contributed by atoms with E-state index in [1.54, 1.807) is 6.07 Å². The van der Waals surface area contributed by atoms with Crippen LogP contribution >= 0.6 is 0 Å². The zero-order valence-electron chi connectivity index (χ0n) is 11.3. The molecular formula is C13H19N3O2S. The van der Waals surface area contributed by atoms with Gasteiger partial charge in [0, 0.05) is 12.2 Å². The predicted octanol–water partition coefficient (Wildman–Crippen LogP) is 2.20. The largest absolute Gasteiger partial charge is 0.244 e.